The van der Waals surface area contributed by atoms with Gasteiger partial charge in [-0.25, -0.2) is 4.79 Å². The Morgan fingerprint density at radius 3 is 2.60 bits per heavy atom. The van der Waals surface area contributed by atoms with Crippen LogP contribution in [0.1, 0.15) is 27.3 Å². The van der Waals surface area contributed by atoms with Gasteiger partial charge in [0.2, 0.25) is 0 Å². The summed E-state index contributed by atoms with van der Waals surface area (Å²) in [5.74, 6) is -0.339. The van der Waals surface area contributed by atoms with Crippen molar-refractivity contribution in [3.8, 4) is 0 Å². The van der Waals surface area contributed by atoms with E-state index in [-0.39, 0.29) is 5.97 Å². The third-order valence-electron chi connectivity index (χ3n) is 3.46. The Balaban J connectivity index is 2.35. The largest absolute Gasteiger partial charge is 0.465 e. The number of aromatic nitrogens is 1. The molecule has 1 aromatic heterocycles. The number of esters is 1. The first-order chi connectivity index (χ1) is 9.54. The highest BCUT2D eigenvalue weighted by Crippen LogP contribution is 2.22. The van der Waals surface area contributed by atoms with Crippen LogP contribution in [0.4, 0.5) is 5.69 Å². The van der Waals surface area contributed by atoms with Crippen LogP contribution >= 0.6 is 0 Å². The number of ether oxygens (including phenoxy) is 1. The van der Waals surface area contributed by atoms with Crippen LogP contribution in [-0.4, -0.2) is 23.9 Å². The Bertz CT molecular complexity index is 669. The summed E-state index contributed by atoms with van der Waals surface area (Å²) in [5, 5.41) is 0. The van der Waals surface area contributed by atoms with Crippen LogP contribution in [0.5, 0.6) is 0 Å². The second-order valence-corrected chi connectivity index (χ2v) is 4.66. The Hall–Kier alpha value is -2.36. The van der Waals surface area contributed by atoms with E-state index in [0.29, 0.717) is 5.56 Å². The summed E-state index contributed by atoms with van der Waals surface area (Å²) in [7, 11) is 3.37. The molecule has 4 nitrogen and oxygen atoms in total. The minimum Gasteiger partial charge on any atom is -0.465 e. The fourth-order valence-corrected chi connectivity index (χ4v) is 1.99. The predicted octanol–water partition coefficient (Wildman–Crippen LogP) is 3.18. The van der Waals surface area contributed by atoms with Gasteiger partial charge >= 0.3 is 5.97 Å². The molecule has 0 radical (unpaired) electrons. The molecular formula is C16H18N2O2. The molecule has 20 heavy (non-hydrogen) atoms. The van der Waals surface area contributed by atoms with Crippen LogP contribution in [0.25, 0.3) is 0 Å². The number of benzene rings is 1. The van der Waals surface area contributed by atoms with Crippen LogP contribution in [0, 0.1) is 13.8 Å². The Labute approximate surface area is 118 Å². The molecule has 1 heterocycles. The Kier molecular flexibility index (Phi) is 4.03. The van der Waals surface area contributed by atoms with Crippen molar-refractivity contribution in [3.63, 3.8) is 0 Å². The van der Waals surface area contributed by atoms with Crippen LogP contribution < -0.4 is 0 Å². The molecule has 2 aromatic rings. The van der Waals surface area contributed by atoms with Gasteiger partial charge in [-0.3, -0.25) is 4.99 Å². The fraction of sp³-hybridized carbons (Fsp3) is 0.250. The summed E-state index contributed by atoms with van der Waals surface area (Å²) >= 11 is 0. The molecule has 0 atom stereocenters. The van der Waals surface area contributed by atoms with Crippen LogP contribution in [0.2, 0.25) is 0 Å². The number of hydrogen-bond acceptors (Lipinski definition) is 3. The molecule has 0 aliphatic rings. The van der Waals surface area contributed by atoms with E-state index in [2.05, 4.69) is 9.56 Å². The molecule has 0 unspecified atom stereocenters. The van der Waals surface area contributed by atoms with Crippen molar-refractivity contribution in [1.29, 1.82) is 0 Å². The van der Waals surface area contributed by atoms with E-state index >= 15 is 0 Å². The highest BCUT2D eigenvalue weighted by molar-refractivity contribution is 5.93. The fourth-order valence-electron chi connectivity index (χ4n) is 1.99. The zero-order valence-electron chi connectivity index (χ0n) is 12.2. The van der Waals surface area contributed by atoms with E-state index < -0.39 is 0 Å². The van der Waals surface area contributed by atoms with Crippen molar-refractivity contribution in [2.45, 2.75) is 13.8 Å². The van der Waals surface area contributed by atoms with Gasteiger partial charge in [0.15, 0.2) is 0 Å². The maximum Gasteiger partial charge on any atom is 0.338 e. The van der Waals surface area contributed by atoms with Gasteiger partial charge in [-0.2, -0.15) is 0 Å². The number of hydrogen-bond donors (Lipinski definition) is 0. The minimum absolute atomic E-state index is 0.339. The zero-order chi connectivity index (χ0) is 14.7. The predicted molar refractivity (Wildman–Crippen MR) is 79.9 cm³/mol. The van der Waals surface area contributed by atoms with E-state index in [1.54, 1.807) is 12.3 Å². The first kappa shape index (κ1) is 14.1. The number of carbonyl (C=O) groups is 1. The summed E-state index contributed by atoms with van der Waals surface area (Å²) in [6, 6.07) is 9.49. The van der Waals surface area contributed by atoms with Gasteiger partial charge in [0.25, 0.3) is 0 Å². The highest BCUT2D eigenvalue weighted by atomic mass is 16.5. The summed E-state index contributed by atoms with van der Waals surface area (Å²) in [6.07, 6.45) is 1.80. The van der Waals surface area contributed by atoms with Gasteiger partial charge in [0.1, 0.15) is 0 Å². The quantitative estimate of drug-likeness (QED) is 0.635. The first-order valence-corrected chi connectivity index (χ1v) is 6.39. The number of aliphatic imine (C=N–C) groups is 1. The van der Waals surface area contributed by atoms with E-state index in [1.807, 2.05) is 45.2 Å². The maximum atomic E-state index is 11.6. The van der Waals surface area contributed by atoms with Crippen molar-refractivity contribution in [2.75, 3.05) is 7.11 Å². The molecule has 2 rings (SSSR count). The Morgan fingerprint density at radius 2 is 2.00 bits per heavy atom. The average Bonchev–Trinajstić information content (AvgIpc) is 2.77. The number of nitrogens with zero attached hydrogens (tertiary/aromatic N) is 2. The molecule has 0 spiro atoms. The van der Waals surface area contributed by atoms with Crippen molar-refractivity contribution < 1.29 is 9.53 Å². The van der Waals surface area contributed by atoms with E-state index in [4.69, 9.17) is 4.74 Å². The number of methoxy groups -OCH3 is 1. The second-order valence-electron chi connectivity index (χ2n) is 4.66. The normalized spacial score (nSPS) is 11.0. The van der Waals surface area contributed by atoms with Gasteiger partial charge in [-0.1, -0.05) is 6.07 Å². The lowest BCUT2D eigenvalue weighted by Crippen LogP contribution is -2.03. The summed E-state index contributed by atoms with van der Waals surface area (Å²) < 4.78 is 6.82. The summed E-state index contributed by atoms with van der Waals surface area (Å²) in [4.78, 5) is 16.1. The third-order valence-corrected chi connectivity index (χ3v) is 3.46. The van der Waals surface area contributed by atoms with Crippen LogP contribution in [-0.2, 0) is 11.8 Å². The van der Waals surface area contributed by atoms with Crippen molar-refractivity contribution in [1.82, 2.24) is 4.57 Å². The van der Waals surface area contributed by atoms with Gasteiger partial charge in [0.05, 0.1) is 30.3 Å². The van der Waals surface area contributed by atoms with Crippen molar-refractivity contribution in [3.05, 3.63) is 52.8 Å². The molecule has 4 heteroatoms. The van der Waals surface area contributed by atoms with Gasteiger partial charge in [0, 0.05) is 12.7 Å². The molecule has 1 aromatic carbocycles. The second kappa shape index (κ2) is 5.74. The first-order valence-electron chi connectivity index (χ1n) is 6.39. The third kappa shape index (κ3) is 2.64. The monoisotopic (exact) mass is 270 g/mol. The lowest BCUT2D eigenvalue weighted by molar-refractivity contribution is 0.0600. The molecular weight excluding hydrogens is 252 g/mol. The van der Waals surface area contributed by atoms with Gasteiger partial charge < -0.3 is 9.30 Å². The van der Waals surface area contributed by atoms with Gasteiger partial charge in [-0.15, -0.1) is 0 Å². The zero-order valence-corrected chi connectivity index (χ0v) is 12.2. The Morgan fingerprint density at radius 1 is 1.25 bits per heavy atom. The van der Waals surface area contributed by atoms with Crippen molar-refractivity contribution >= 4 is 17.9 Å². The lowest BCUT2D eigenvalue weighted by atomic mass is 10.1. The molecule has 0 aliphatic heterocycles. The van der Waals surface area contributed by atoms with E-state index in [1.165, 1.54) is 12.8 Å². The van der Waals surface area contributed by atoms with Crippen LogP contribution in [0.3, 0.4) is 0 Å². The van der Waals surface area contributed by atoms with Crippen LogP contribution in [0.15, 0.2) is 35.3 Å². The molecule has 0 saturated carbocycles. The minimum atomic E-state index is -0.339. The molecule has 0 aliphatic carbocycles. The average molecular weight is 270 g/mol. The van der Waals surface area contributed by atoms with E-state index in [0.717, 1.165) is 16.9 Å². The number of aryl methyl sites for hydroxylation is 1. The topological polar surface area (TPSA) is 43.6 Å². The maximum absolute atomic E-state index is 11.6. The highest BCUT2D eigenvalue weighted by Gasteiger charge is 2.11. The molecule has 0 bridgehead atoms. The standard InChI is InChI=1S/C16H18N2O2/c1-11-8-9-13(18(11)3)10-17-15-7-5-6-14(12(15)2)16(19)20-4/h5-10H,1-4H3. The number of carbonyl (C=O) groups excluding carboxylic acids is 1. The molecule has 104 valence electrons. The smallest absolute Gasteiger partial charge is 0.338 e. The van der Waals surface area contributed by atoms with Crippen molar-refractivity contribution in [2.24, 2.45) is 12.0 Å². The van der Waals surface area contributed by atoms with E-state index in [9.17, 15) is 4.79 Å². The summed E-state index contributed by atoms with van der Waals surface area (Å²) in [6.45, 7) is 3.91. The lowest BCUT2D eigenvalue weighted by Gasteiger charge is -2.06. The van der Waals surface area contributed by atoms with Gasteiger partial charge in [-0.05, 0) is 43.7 Å². The molecule has 0 N–H and O–H groups in total. The molecule has 0 fully saturated rings. The summed E-state index contributed by atoms with van der Waals surface area (Å²) in [5.41, 5.74) is 4.33. The number of rotatable bonds is 3. The molecule has 0 saturated heterocycles. The SMILES string of the molecule is COC(=O)c1cccc(N=Cc2ccc(C)n2C)c1C. The molecule has 0 amide bonds.